The van der Waals surface area contributed by atoms with Crippen molar-refractivity contribution in [1.29, 1.82) is 0 Å². The number of nitrogens with two attached hydrogens (primary N) is 1. The first-order valence-electron chi connectivity index (χ1n) is 6.48. The largest absolute Gasteiger partial charge is 0.340 e. The number of amides is 2. The van der Waals surface area contributed by atoms with Crippen LogP contribution in [0.3, 0.4) is 0 Å². The van der Waals surface area contributed by atoms with E-state index in [1.54, 1.807) is 9.80 Å². The highest BCUT2D eigenvalue weighted by molar-refractivity contribution is 5.85. The summed E-state index contributed by atoms with van der Waals surface area (Å²) in [5.41, 5.74) is 5.77. The minimum absolute atomic E-state index is 0. The van der Waals surface area contributed by atoms with Crippen LogP contribution in [0.15, 0.2) is 0 Å². The predicted octanol–water partition coefficient (Wildman–Crippen LogP) is 0.370. The molecule has 0 bridgehead atoms. The topological polar surface area (TPSA) is 66.6 Å². The molecule has 6 heteroatoms. The minimum atomic E-state index is 0. The summed E-state index contributed by atoms with van der Waals surface area (Å²) in [6.07, 6.45) is 4.52. The van der Waals surface area contributed by atoms with Gasteiger partial charge in [0, 0.05) is 32.1 Å². The van der Waals surface area contributed by atoms with E-state index in [1.807, 2.05) is 0 Å². The minimum Gasteiger partial charge on any atom is -0.340 e. The number of rotatable bonds is 2. The third-order valence-electron chi connectivity index (χ3n) is 3.57. The fourth-order valence-corrected chi connectivity index (χ4v) is 2.48. The molecule has 2 aliphatic heterocycles. The molecule has 2 aliphatic rings. The molecule has 2 heterocycles. The average Bonchev–Trinajstić information content (AvgIpc) is 2.63. The van der Waals surface area contributed by atoms with Crippen LogP contribution >= 0.6 is 12.4 Å². The Morgan fingerprint density at radius 3 is 2.72 bits per heavy atom. The summed E-state index contributed by atoms with van der Waals surface area (Å²) in [6, 6.07) is 0.110. The van der Waals surface area contributed by atoms with Gasteiger partial charge in [-0.3, -0.25) is 9.59 Å². The standard InChI is InChI=1S/C12H21N3O2.ClH/c13-10-5-7-15(8-10)12(17)9-14-6-3-1-2-4-11(14)16;/h10H,1-9,13H2;1H/t10-;/m1./s1. The van der Waals surface area contributed by atoms with Crippen molar-refractivity contribution in [2.75, 3.05) is 26.2 Å². The Morgan fingerprint density at radius 2 is 2.06 bits per heavy atom. The van der Waals surface area contributed by atoms with E-state index in [9.17, 15) is 9.59 Å². The fourth-order valence-electron chi connectivity index (χ4n) is 2.48. The maximum Gasteiger partial charge on any atom is 0.242 e. The second-order valence-electron chi connectivity index (χ2n) is 5.01. The Balaban J connectivity index is 0.00000162. The fraction of sp³-hybridized carbons (Fsp3) is 0.833. The van der Waals surface area contributed by atoms with E-state index in [4.69, 9.17) is 5.73 Å². The molecule has 2 fully saturated rings. The second-order valence-corrected chi connectivity index (χ2v) is 5.01. The molecule has 2 rings (SSSR count). The Bertz CT molecular complexity index is 312. The molecule has 0 aromatic carbocycles. The van der Waals surface area contributed by atoms with Gasteiger partial charge < -0.3 is 15.5 Å². The van der Waals surface area contributed by atoms with Crippen molar-refractivity contribution < 1.29 is 9.59 Å². The second kappa shape index (κ2) is 6.95. The van der Waals surface area contributed by atoms with Crippen LogP contribution in [-0.2, 0) is 9.59 Å². The molecule has 2 saturated heterocycles. The van der Waals surface area contributed by atoms with Crippen molar-refractivity contribution in [3.63, 3.8) is 0 Å². The van der Waals surface area contributed by atoms with Crippen molar-refractivity contribution in [1.82, 2.24) is 9.80 Å². The van der Waals surface area contributed by atoms with E-state index in [2.05, 4.69) is 0 Å². The van der Waals surface area contributed by atoms with Crippen LogP contribution in [0.1, 0.15) is 32.1 Å². The lowest BCUT2D eigenvalue weighted by Crippen LogP contribution is -2.42. The molecule has 104 valence electrons. The third kappa shape index (κ3) is 3.85. The summed E-state index contributed by atoms with van der Waals surface area (Å²) in [5.74, 6) is 0.174. The first kappa shape index (κ1) is 15.2. The number of nitrogens with zero attached hydrogens (tertiary/aromatic N) is 2. The van der Waals surface area contributed by atoms with E-state index < -0.39 is 0 Å². The first-order chi connectivity index (χ1) is 8.16. The zero-order chi connectivity index (χ0) is 12.3. The molecule has 2 amide bonds. The number of carbonyl (C=O) groups is 2. The maximum atomic E-state index is 12.0. The predicted molar refractivity (Wildman–Crippen MR) is 71.5 cm³/mol. The molecular weight excluding hydrogens is 254 g/mol. The lowest BCUT2D eigenvalue weighted by atomic mass is 10.2. The van der Waals surface area contributed by atoms with Crippen molar-refractivity contribution in [2.45, 2.75) is 38.1 Å². The summed E-state index contributed by atoms with van der Waals surface area (Å²) in [4.78, 5) is 27.2. The number of hydrogen-bond donors (Lipinski definition) is 1. The first-order valence-corrected chi connectivity index (χ1v) is 6.48. The SMILES string of the molecule is Cl.N[C@@H]1CCN(C(=O)CN2CCCCCC2=O)C1. The maximum absolute atomic E-state index is 12.0. The third-order valence-corrected chi connectivity index (χ3v) is 3.57. The van der Waals surface area contributed by atoms with E-state index in [1.165, 1.54) is 0 Å². The van der Waals surface area contributed by atoms with Crippen molar-refractivity contribution in [3.05, 3.63) is 0 Å². The van der Waals surface area contributed by atoms with Crippen LogP contribution in [0.5, 0.6) is 0 Å². The van der Waals surface area contributed by atoms with Gasteiger partial charge in [0.05, 0.1) is 6.54 Å². The van der Waals surface area contributed by atoms with Gasteiger partial charge in [-0.1, -0.05) is 6.42 Å². The smallest absolute Gasteiger partial charge is 0.242 e. The van der Waals surface area contributed by atoms with Crippen LogP contribution in [-0.4, -0.2) is 53.8 Å². The molecule has 0 unspecified atom stereocenters. The molecule has 18 heavy (non-hydrogen) atoms. The summed E-state index contributed by atoms with van der Waals surface area (Å²) < 4.78 is 0. The van der Waals surface area contributed by atoms with Crippen molar-refractivity contribution in [2.24, 2.45) is 5.73 Å². The van der Waals surface area contributed by atoms with Crippen LogP contribution in [0.25, 0.3) is 0 Å². The Kier molecular flexibility index (Phi) is 5.88. The Hall–Kier alpha value is -0.810. The number of hydrogen-bond acceptors (Lipinski definition) is 3. The average molecular weight is 276 g/mol. The van der Waals surface area contributed by atoms with Crippen LogP contribution in [0, 0.1) is 0 Å². The zero-order valence-corrected chi connectivity index (χ0v) is 11.5. The molecule has 0 aromatic heterocycles. The van der Waals surface area contributed by atoms with Gasteiger partial charge >= 0.3 is 0 Å². The summed E-state index contributed by atoms with van der Waals surface area (Å²) >= 11 is 0. The van der Waals surface area contributed by atoms with Crippen LogP contribution in [0.4, 0.5) is 0 Å². The molecular formula is C12H22ClN3O2. The van der Waals surface area contributed by atoms with Gasteiger partial charge in [-0.25, -0.2) is 0 Å². The van der Waals surface area contributed by atoms with Crippen molar-refractivity contribution >= 4 is 24.2 Å². The molecule has 0 aromatic rings. The van der Waals surface area contributed by atoms with Gasteiger partial charge in [-0.2, -0.15) is 0 Å². The van der Waals surface area contributed by atoms with Gasteiger partial charge in [0.1, 0.15) is 0 Å². The molecule has 0 radical (unpaired) electrons. The highest BCUT2D eigenvalue weighted by atomic mass is 35.5. The van der Waals surface area contributed by atoms with E-state index in [-0.39, 0.29) is 36.8 Å². The monoisotopic (exact) mass is 275 g/mol. The number of likely N-dealkylation sites (tertiary alicyclic amines) is 2. The highest BCUT2D eigenvalue weighted by Crippen LogP contribution is 2.13. The van der Waals surface area contributed by atoms with Crippen LogP contribution in [0.2, 0.25) is 0 Å². The summed E-state index contributed by atoms with van der Waals surface area (Å²) in [5, 5.41) is 0. The lowest BCUT2D eigenvalue weighted by Gasteiger charge is -2.23. The Labute approximate surface area is 114 Å². The van der Waals surface area contributed by atoms with Gasteiger partial charge in [-0.15, -0.1) is 12.4 Å². The van der Waals surface area contributed by atoms with Gasteiger partial charge in [0.25, 0.3) is 0 Å². The number of carbonyl (C=O) groups excluding carboxylic acids is 2. The van der Waals surface area contributed by atoms with E-state index in [0.29, 0.717) is 13.0 Å². The molecule has 1 atom stereocenters. The van der Waals surface area contributed by atoms with Gasteiger partial charge in [-0.05, 0) is 19.3 Å². The normalized spacial score (nSPS) is 24.7. The molecule has 0 spiro atoms. The molecule has 5 nitrogen and oxygen atoms in total. The zero-order valence-electron chi connectivity index (χ0n) is 10.6. The summed E-state index contributed by atoms with van der Waals surface area (Å²) in [6.45, 7) is 2.35. The van der Waals surface area contributed by atoms with E-state index >= 15 is 0 Å². The highest BCUT2D eigenvalue weighted by Gasteiger charge is 2.26. The summed E-state index contributed by atoms with van der Waals surface area (Å²) in [7, 11) is 0. The number of halogens is 1. The quantitative estimate of drug-likeness (QED) is 0.792. The molecule has 0 aliphatic carbocycles. The molecule has 0 saturated carbocycles. The van der Waals surface area contributed by atoms with Gasteiger partial charge in [0.15, 0.2) is 0 Å². The Morgan fingerprint density at radius 1 is 1.28 bits per heavy atom. The van der Waals surface area contributed by atoms with Gasteiger partial charge in [0.2, 0.25) is 11.8 Å². The van der Waals surface area contributed by atoms with Crippen molar-refractivity contribution in [3.8, 4) is 0 Å². The molecule has 2 N–H and O–H groups in total. The lowest BCUT2D eigenvalue weighted by molar-refractivity contribution is -0.139. The van der Waals surface area contributed by atoms with Crippen LogP contribution < -0.4 is 5.73 Å². The van der Waals surface area contributed by atoms with E-state index in [0.717, 1.165) is 38.8 Å².